The number of benzene rings is 1. The Morgan fingerprint density at radius 3 is 2.74 bits per heavy atom. The van der Waals surface area contributed by atoms with Gasteiger partial charge in [-0.1, -0.05) is 31.5 Å². The largest absolute Gasteiger partial charge is 0.496 e. The van der Waals surface area contributed by atoms with Crippen molar-refractivity contribution in [3.05, 3.63) is 29.8 Å². The van der Waals surface area contributed by atoms with Crippen LogP contribution in [0.25, 0.3) is 0 Å². The van der Waals surface area contributed by atoms with Crippen LogP contribution in [0, 0.1) is 5.92 Å². The first-order valence-electron chi connectivity index (χ1n) is 7.17. The van der Waals surface area contributed by atoms with Crippen LogP contribution in [0.4, 0.5) is 0 Å². The van der Waals surface area contributed by atoms with Gasteiger partial charge in [-0.2, -0.15) is 0 Å². The van der Waals surface area contributed by atoms with Crippen LogP contribution in [-0.2, 0) is 6.54 Å². The molecule has 0 radical (unpaired) electrons. The van der Waals surface area contributed by atoms with Crippen molar-refractivity contribution in [3.8, 4) is 5.75 Å². The van der Waals surface area contributed by atoms with Gasteiger partial charge in [-0.25, -0.2) is 0 Å². The molecule has 106 valence electrons. The SMILES string of the molecule is COc1ccccc1CN(C)C1(CN)CCCC1C. The van der Waals surface area contributed by atoms with E-state index in [0.717, 1.165) is 18.8 Å². The van der Waals surface area contributed by atoms with E-state index in [2.05, 4.69) is 31.0 Å². The molecule has 1 saturated carbocycles. The predicted molar refractivity (Wildman–Crippen MR) is 79.3 cm³/mol. The molecular weight excluding hydrogens is 236 g/mol. The Kier molecular flexibility index (Phi) is 4.48. The molecule has 2 unspecified atom stereocenters. The molecule has 1 fully saturated rings. The van der Waals surface area contributed by atoms with Crippen LogP contribution in [0.5, 0.6) is 5.75 Å². The maximum atomic E-state index is 6.11. The Bertz CT molecular complexity index is 421. The lowest BCUT2D eigenvalue weighted by Crippen LogP contribution is -2.53. The van der Waals surface area contributed by atoms with Gasteiger partial charge in [0.15, 0.2) is 0 Å². The van der Waals surface area contributed by atoms with Gasteiger partial charge in [-0.15, -0.1) is 0 Å². The lowest BCUT2D eigenvalue weighted by atomic mass is 9.86. The molecule has 0 amide bonds. The number of para-hydroxylation sites is 1. The molecule has 0 heterocycles. The average Bonchev–Trinajstić information content (AvgIpc) is 2.81. The number of hydrogen-bond acceptors (Lipinski definition) is 3. The van der Waals surface area contributed by atoms with Gasteiger partial charge in [0.05, 0.1) is 7.11 Å². The number of hydrogen-bond donors (Lipinski definition) is 1. The molecule has 2 rings (SSSR count). The summed E-state index contributed by atoms with van der Waals surface area (Å²) in [5.41, 5.74) is 7.50. The van der Waals surface area contributed by atoms with Gasteiger partial charge in [0.1, 0.15) is 5.75 Å². The lowest BCUT2D eigenvalue weighted by molar-refractivity contribution is 0.0833. The molecule has 0 aromatic heterocycles. The van der Waals surface area contributed by atoms with Crippen molar-refractivity contribution in [2.75, 3.05) is 20.7 Å². The molecule has 1 aromatic carbocycles. The molecule has 1 aliphatic rings. The van der Waals surface area contributed by atoms with E-state index in [9.17, 15) is 0 Å². The van der Waals surface area contributed by atoms with E-state index in [1.54, 1.807) is 7.11 Å². The molecular formula is C16H26N2O. The van der Waals surface area contributed by atoms with Gasteiger partial charge in [-0.3, -0.25) is 4.90 Å². The summed E-state index contributed by atoms with van der Waals surface area (Å²) in [6.45, 7) is 3.96. The number of ether oxygens (including phenoxy) is 1. The fraction of sp³-hybridized carbons (Fsp3) is 0.625. The van der Waals surface area contributed by atoms with E-state index < -0.39 is 0 Å². The molecule has 2 N–H and O–H groups in total. The summed E-state index contributed by atoms with van der Waals surface area (Å²) >= 11 is 0. The predicted octanol–water partition coefficient (Wildman–Crippen LogP) is 2.64. The normalized spacial score (nSPS) is 26.9. The van der Waals surface area contributed by atoms with Gasteiger partial charge in [0.25, 0.3) is 0 Å². The number of nitrogens with two attached hydrogens (primary N) is 1. The number of nitrogens with zero attached hydrogens (tertiary/aromatic N) is 1. The fourth-order valence-electron chi connectivity index (χ4n) is 3.50. The summed E-state index contributed by atoms with van der Waals surface area (Å²) in [5.74, 6) is 1.63. The van der Waals surface area contributed by atoms with E-state index >= 15 is 0 Å². The Labute approximate surface area is 116 Å². The van der Waals surface area contributed by atoms with Gasteiger partial charge in [-0.05, 0) is 31.9 Å². The van der Waals surface area contributed by atoms with Crippen LogP contribution >= 0.6 is 0 Å². The third-order valence-electron chi connectivity index (χ3n) is 4.88. The van der Waals surface area contributed by atoms with E-state index in [4.69, 9.17) is 10.5 Å². The molecule has 2 atom stereocenters. The van der Waals surface area contributed by atoms with Crippen molar-refractivity contribution in [3.63, 3.8) is 0 Å². The molecule has 0 saturated heterocycles. The second-order valence-electron chi connectivity index (χ2n) is 5.77. The Hall–Kier alpha value is -1.06. The summed E-state index contributed by atoms with van der Waals surface area (Å²) in [6, 6.07) is 8.24. The second kappa shape index (κ2) is 5.93. The zero-order valence-electron chi connectivity index (χ0n) is 12.4. The van der Waals surface area contributed by atoms with E-state index in [1.165, 1.54) is 24.8 Å². The van der Waals surface area contributed by atoms with Crippen molar-refractivity contribution < 1.29 is 4.74 Å². The highest BCUT2D eigenvalue weighted by Crippen LogP contribution is 2.40. The zero-order chi connectivity index (χ0) is 13.9. The first kappa shape index (κ1) is 14.4. The number of methoxy groups -OCH3 is 1. The van der Waals surface area contributed by atoms with Crippen LogP contribution in [-0.4, -0.2) is 31.1 Å². The van der Waals surface area contributed by atoms with Crippen LogP contribution in [0.1, 0.15) is 31.7 Å². The maximum absolute atomic E-state index is 6.11. The minimum absolute atomic E-state index is 0.154. The van der Waals surface area contributed by atoms with Crippen molar-refractivity contribution >= 4 is 0 Å². The quantitative estimate of drug-likeness (QED) is 0.886. The van der Waals surface area contributed by atoms with Crippen LogP contribution in [0.15, 0.2) is 24.3 Å². The van der Waals surface area contributed by atoms with Gasteiger partial charge in [0.2, 0.25) is 0 Å². The van der Waals surface area contributed by atoms with Crippen molar-refractivity contribution in [2.24, 2.45) is 11.7 Å². The standard InChI is InChI=1S/C16H26N2O/c1-13-7-6-10-16(13,12-17)18(2)11-14-8-4-5-9-15(14)19-3/h4-5,8-9,13H,6-7,10-12,17H2,1-3H3. The van der Waals surface area contributed by atoms with E-state index in [1.807, 2.05) is 12.1 Å². The van der Waals surface area contributed by atoms with E-state index in [-0.39, 0.29) is 5.54 Å². The third-order valence-corrected chi connectivity index (χ3v) is 4.88. The molecule has 1 aliphatic carbocycles. The summed E-state index contributed by atoms with van der Waals surface area (Å²) < 4.78 is 5.44. The van der Waals surface area contributed by atoms with Crippen LogP contribution in [0.3, 0.4) is 0 Å². The minimum Gasteiger partial charge on any atom is -0.496 e. The van der Waals surface area contributed by atoms with Crippen molar-refractivity contribution in [2.45, 2.75) is 38.3 Å². The number of likely N-dealkylation sites (N-methyl/N-ethyl adjacent to an activating group) is 1. The first-order valence-corrected chi connectivity index (χ1v) is 7.17. The lowest BCUT2D eigenvalue weighted by Gasteiger charge is -2.42. The zero-order valence-corrected chi connectivity index (χ0v) is 12.4. The monoisotopic (exact) mass is 262 g/mol. The summed E-state index contributed by atoms with van der Waals surface area (Å²) in [7, 11) is 3.93. The van der Waals surface area contributed by atoms with Crippen LogP contribution < -0.4 is 10.5 Å². The molecule has 3 nitrogen and oxygen atoms in total. The van der Waals surface area contributed by atoms with Gasteiger partial charge >= 0.3 is 0 Å². The molecule has 3 heteroatoms. The first-order chi connectivity index (χ1) is 9.14. The summed E-state index contributed by atoms with van der Waals surface area (Å²) in [4.78, 5) is 2.43. The summed E-state index contributed by atoms with van der Waals surface area (Å²) in [6.07, 6.45) is 3.78. The fourth-order valence-corrected chi connectivity index (χ4v) is 3.50. The Balaban J connectivity index is 2.18. The maximum Gasteiger partial charge on any atom is 0.123 e. The highest BCUT2D eigenvalue weighted by molar-refractivity contribution is 5.33. The highest BCUT2D eigenvalue weighted by Gasteiger charge is 2.42. The highest BCUT2D eigenvalue weighted by atomic mass is 16.5. The Morgan fingerprint density at radius 2 is 2.16 bits per heavy atom. The topological polar surface area (TPSA) is 38.5 Å². The molecule has 19 heavy (non-hydrogen) atoms. The molecule has 0 bridgehead atoms. The molecule has 0 spiro atoms. The average molecular weight is 262 g/mol. The van der Waals surface area contributed by atoms with Crippen molar-refractivity contribution in [1.82, 2.24) is 4.90 Å². The Morgan fingerprint density at radius 1 is 1.42 bits per heavy atom. The summed E-state index contributed by atoms with van der Waals surface area (Å²) in [5, 5.41) is 0. The van der Waals surface area contributed by atoms with Gasteiger partial charge in [0, 0.05) is 24.2 Å². The molecule has 1 aromatic rings. The van der Waals surface area contributed by atoms with Crippen molar-refractivity contribution in [1.29, 1.82) is 0 Å². The minimum atomic E-state index is 0.154. The smallest absolute Gasteiger partial charge is 0.123 e. The van der Waals surface area contributed by atoms with E-state index in [0.29, 0.717) is 5.92 Å². The van der Waals surface area contributed by atoms with Crippen LogP contribution in [0.2, 0.25) is 0 Å². The second-order valence-corrected chi connectivity index (χ2v) is 5.77. The third kappa shape index (κ3) is 2.63. The number of rotatable bonds is 5. The molecule has 0 aliphatic heterocycles. The van der Waals surface area contributed by atoms with Gasteiger partial charge < -0.3 is 10.5 Å².